The van der Waals surface area contributed by atoms with Crippen LogP contribution in [0.4, 0.5) is 4.79 Å². The topological polar surface area (TPSA) is 93.1 Å². The number of sulfonamides is 1. The van der Waals surface area contributed by atoms with E-state index in [0.717, 1.165) is 21.9 Å². The van der Waals surface area contributed by atoms with Crippen LogP contribution in [0.3, 0.4) is 0 Å². The predicted molar refractivity (Wildman–Crippen MR) is 131 cm³/mol. The SMILES string of the molecule is COC(=O)OC/C=C/CN(CCc1c(O)c(C)cc2ccccc12)S(=O)(=O)c1ccc(C)cc1. The minimum Gasteiger partial charge on any atom is -0.507 e. The molecule has 0 fully saturated rings. The molecule has 3 aromatic rings. The van der Waals surface area contributed by atoms with Gasteiger partial charge in [0.15, 0.2) is 0 Å². The summed E-state index contributed by atoms with van der Waals surface area (Å²) in [5, 5.41) is 12.6. The Balaban J connectivity index is 1.88. The average molecular weight is 484 g/mol. The van der Waals surface area contributed by atoms with Gasteiger partial charge in [-0.3, -0.25) is 0 Å². The number of aryl methyl sites for hydroxylation is 2. The first-order chi connectivity index (χ1) is 16.2. The monoisotopic (exact) mass is 483 g/mol. The van der Waals surface area contributed by atoms with E-state index in [1.54, 1.807) is 36.4 Å². The maximum absolute atomic E-state index is 13.4. The van der Waals surface area contributed by atoms with E-state index in [9.17, 15) is 18.3 Å². The van der Waals surface area contributed by atoms with Crippen molar-refractivity contribution in [2.24, 2.45) is 0 Å². The van der Waals surface area contributed by atoms with Crippen molar-refractivity contribution in [2.75, 3.05) is 26.8 Å². The van der Waals surface area contributed by atoms with Crippen molar-refractivity contribution in [1.29, 1.82) is 0 Å². The average Bonchev–Trinajstić information content (AvgIpc) is 2.82. The molecule has 0 spiro atoms. The molecule has 34 heavy (non-hydrogen) atoms. The molecule has 1 N–H and O–H groups in total. The van der Waals surface area contributed by atoms with Crippen LogP contribution in [0, 0.1) is 13.8 Å². The number of carbonyl (C=O) groups excluding carboxylic acids is 1. The summed E-state index contributed by atoms with van der Waals surface area (Å²) in [5.41, 5.74) is 2.40. The highest BCUT2D eigenvalue weighted by Crippen LogP contribution is 2.31. The molecule has 0 amide bonds. The zero-order valence-corrected chi connectivity index (χ0v) is 20.3. The first kappa shape index (κ1) is 25.3. The molecular weight excluding hydrogens is 454 g/mol. The highest BCUT2D eigenvalue weighted by molar-refractivity contribution is 7.89. The van der Waals surface area contributed by atoms with Crippen LogP contribution in [0.5, 0.6) is 5.75 Å². The summed E-state index contributed by atoms with van der Waals surface area (Å²) in [4.78, 5) is 11.3. The van der Waals surface area contributed by atoms with E-state index >= 15 is 0 Å². The first-order valence-electron chi connectivity index (χ1n) is 10.9. The van der Waals surface area contributed by atoms with Gasteiger partial charge in [0.25, 0.3) is 0 Å². The zero-order chi connectivity index (χ0) is 24.7. The molecule has 0 atom stereocenters. The number of aromatic hydroxyl groups is 1. The molecule has 0 saturated heterocycles. The highest BCUT2D eigenvalue weighted by atomic mass is 32.2. The number of methoxy groups -OCH3 is 1. The van der Waals surface area contributed by atoms with Crippen LogP contribution in [0.25, 0.3) is 10.8 Å². The van der Waals surface area contributed by atoms with Gasteiger partial charge >= 0.3 is 6.16 Å². The number of carbonyl (C=O) groups is 1. The van der Waals surface area contributed by atoms with E-state index in [1.165, 1.54) is 11.4 Å². The Kier molecular flexibility index (Phi) is 8.31. The first-order valence-corrected chi connectivity index (χ1v) is 12.3. The van der Waals surface area contributed by atoms with Crippen molar-refractivity contribution < 1.29 is 27.8 Å². The molecule has 0 saturated carbocycles. The molecule has 3 aromatic carbocycles. The van der Waals surface area contributed by atoms with Crippen LogP contribution in [0.1, 0.15) is 16.7 Å². The number of rotatable bonds is 9. The lowest BCUT2D eigenvalue weighted by atomic mass is 9.98. The van der Waals surface area contributed by atoms with Crippen LogP contribution in [-0.4, -0.2) is 50.8 Å². The summed E-state index contributed by atoms with van der Waals surface area (Å²) < 4.78 is 37.4. The standard InChI is InChI=1S/C26H29NO6S/c1-19-10-12-22(13-11-19)34(30,31)27(15-6-7-17-33-26(29)32-3)16-14-24-23-9-5-4-8-21(23)18-20(2)25(24)28/h4-13,18,28H,14-17H2,1-3H3/b7-6+. The zero-order valence-electron chi connectivity index (χ0n) is 19.5. The summed E-state index contributed by atoms with van der Waals surface area (Å²) >= 11 is 0. The summed E-state index contributed by atoms with van der Waals surface area (Å²) in [7, 11) is -2.59. The highest BCUT2D eigenvalue weighted by Gasteiger charge is 2.24. The van der Waals surface area contributed by atoms with E-state index in [2.05, 4.69) is 4.74 Å². The quantitative estimate of drug-likeness (QED) is 0.349. The molecule has 0 aliphatic heterocycles. The maximum Gasteiger partial charge on any atom is 0.508 e. The lowest BCUT2D eigenvalue weighted by Crippen LogP contribution is -2.33. The Morgan fingerprint density at radius 2 is 1.76 bits per heavy atom. The number of phenolic OH excluding ortho intramolecular Hbond substituents is 1. The Bertz CT molecular complexity index is 1280. The molecule has 8 heteroatoms. The molecule has 0 radical (unpaired) electrons. The Hall–Kier alpha value is -3.36. The van der Waals surface area contributed by atoms with Crippen LogP contribution in [-0.2, 0) is 25.9 Å². The number of phenols is 1. The fourth-order valence-electron chi connectivity index (χ4n) is 3.66. The van der Waals surface area contributed by atoms with Crippen molar-refractivity contribution in [3.8, 4) is 5.75 Å². The molecule has 7 nitrogen and oxygen atoms in total. The second-order valence-electron chi connectivity index (χ2n) is 7.90. The summed E-state index contributed by atoms with van der Waals surface area (Å²) in [6.07, 6.45) is 2.71. The third-order valence-corrected chi connectivity index (χ3v) is 7.41. The molecule has 0 unspecified atom stereocenters. The molecule has 0 aliphatic carbocycles. The van der Waals surface area contributed by atoms with Gasteiger partial charge in [-0.25, -0.2) is 13.2 Å². The lowest BCUT2D eigenvalue weighted by molar-refractivity contribution is 0.0817. The third-order valence-electron chi connectivity index (χ3n) is 5.53. The Morgan fingerprint density at radius 1 is 1.06 bits per heavy atom. The number of nitrogens with zero attached hydrogens (tertiary/aromatic N) is 1. The van der Waals surface area contributed by atoms with Crippen molar-refractivity contribution in [1.82, 2.24) is 4.31 Å². The van der Waals surface area contributed by atoms with Gasteiger partial charge in [0.1, 0.15) is 12.4 Å². The fraction of sp³-hybridized carbons (Fsp3) is 0.269. The number of benzene rings is 3. The van der Waals surface area contributed by atoms with E-state index in [1.807, 2.05) is 44.2 Å². The van der Waals surface area contributed by atoms with E-state index in [0.29, 0.717) is 12.0 Å². The van der Waals surface area contributed by atoms with E-state index in [4.69, 9.17) is 4.74 Å². The van der Waals surface area contributed by atoms with Gasteiger partial charge < -0.3 is 14.6 Å². The minimum absolute atomic E-state index is 0.0333. The maximum atomic E-state index is 13.4. The van der Waals surface area contributed by atoms with Crippen LogP contribution in [0.2, 0.25) is 0 Å². The van der Waals surface area contributed by atoms with Gasteiger partial charge in [-0.15, -0.1) is 0 Å². The van der Waals surface area contributed by atoms with E-state index < -0.39 is 16.2 Å². The Morgan fingerprint density at radius 3 is 2.47 bits per heavy atom. The smallest absolute Gasteiger partial charge is 0.507 e. The van der Waals surface area contributed by atoms with Gasteiger partial charge in [0.2, 0.25) is 10.0 Å². The normalized spacial score (nSPS) is 11.9. The third kappa shape index (κ3) is 5.95. The summed E-state index contributed by atoms with van der Waals surface area (Å²) in [6, 6.07) is 16.3. The molecule has 0 bridgehead atoms. The van der Waals surface area contributed by atoms with Gasteiger partial charge in [0.05, 0.1) is 12.0 Å². The largest absolute Gasteiger partial charge is 0.508 e. The fourth-order valence-corrected chi connectivity index (χ4v) is 5.05. The van der Waals surface area contributed by atoms with Crippen molar-refractivity contribution in [3.63, 3.8) is 0 Å². The number of ether oxygens (including phenoxy) is 2. The van der Waals surface area contributed by atoms with Crippen molar-refractivity contribution in [3.05, 3.63) is 83.4 Å². The van der Waals surface area contributed by atoms with Crippen molar-refractivity contribution in [2.45, 2.75) is 25.2 Å². The van der Waals surface area contributed by atoms with Gasteiger partial charge in [-0.05, 0) is 60.9 Å². The number of hydrogen-bond acceptors (Lipinski definition) is 6. The second-order valence-corrected chi connectivity index (χ2v) is 9.84. The minimum atomic E-state index is -3.80. The Labute approximate surface area is 200 Å². The van der Waals surface area contributed by atoms with Crippen LogP contribution < -0.4 is 0 Å². The molecule has 0 aliphatic rings. The second kappa shape index (κ2) is 11.2. The predicted octanol–water partition coefficient (Wildman–Crippen LogP) is 4.73. The molecule has 180 valence electrons. The molecular formula is C26H29NO6S. The van der Waals surface area contributed by atoms with Gasteiger partial charge in [0, 0.05) is 18.7 Å². The van der Waals surface area contributed by atoms with Gasteiger partial charge in [-0.1, -0.05) is 48.0 Å². The summed E-state index contributed by atoms with van der Waals surface area (Å²) in [6.45, 7) is 3.92. The number of hydrogen-bond donors (Lipinski definition) is 1. The molecule has 0 heterocycles. The van der Waals surface area contributed by atoms with E-state index in [-0.39, 0.29) is 30.3 Å². The number of fused-ring (bicyclic) bond motifs is 1. The lowest BCUT2D eigenvalue weighted by Gasteiger charge is -2.22. The molecule has 0 aromatic heterocycles. The van der Waals surface area contributed by atoms with Gasteiger partial charge in [-0.2, -0.15) is 4.31 Å². The molecule has 3 rings (SSSR count). The van der Waals surface area contributed by atoms with Crippen molar-refractivity contribution >= 4 is 27.0 Å². The summed E-state index contributed by atoms with van der Waals surface area (Å²) in [5.74, 6) is 0.174. The van der Waals surface area contributed by atoms with Crippen LogP contribution >= 0.6 is 0 Å². The van der Waals surface area contributed by atoms with Crippen LogP contribution in [0.15, 0.2) is 71.6 Å².